The van der Waals surface area contributed by atoms with Crippen LogP contribution in [0, 0.1) is 6.92 Å². The van der Waals surface area contributed by atoms with Gasteiger partial charge in [0.05, 0.1) is 12.8 Å². The highest BCUT2D eigenvalue weighted by Crippen LogP contribution is 2.38. The van der Waals surface area contributed by atoms with Gasteiger partial charge in [0.1, 0.15) is 23.0 Å². The number of carbonyl (C=O) groups excluding carboxylic acids is 1. The number of aromatic nitrogens is 1. The Bertz CT molecular complexity index is 1460. The van der Waals surface area contributed by atoms with Crippen LogP contribution in [0.5, 0.6) is 17.4 Å². The molecular weight excluding hydrogens is 540 g/mol. The van der Waals surface area contributed by atoms with Crippen molar-refractivity contribution in [1.82, 2.24) is 9.88 Å². The molecular formula is C34H42N6O3. The minimum atomic E-state index is -0.265. The highest BCUT2D eigenvalue weighted by molar-refractivity contribution is 5.99. The van der Waals surface area contributed by atoms with Gasteiger partial charge in [-0.2, -0.15) is 4.98 Å². The van der Waals surface area contributed by atoms with Crippen LogP contribution in [-0.2, 0) is 4.79 Å². The van der Waals surface area contributed by atoms with E-state index < -0.39 is 0 Å². The van der Waals surface area contributed by atoms with Crippen molar-refractivity contribution in [2.24, 2.45) is 0 Å². The fraction of sp³-hybridized carbons (Fsp3) is 0.412. The quantitative estimate of drug-likeness (QED) is 0.212. The van der Waals surface area contributed by atoms with Gasteiger partial charge in [0, 0.05) is 68.8 Å². The lowest BCUT2D eigenvalue weighted by Crippen LogP contribution is -2.39. The lowest BCUT2D eigenvalue weighted by molar-refractivity contribution is -0.111. The summed E-state index contributed by atoms with van der Waals surface area (Å²) in [5.41, 5.74) is 4.59. The van der Waals surface area contributed by atoms with Crippen LogP contribution < -0.4 is 29.9 Å². The lowest BCUT2D eigenvalue weighted by atomic mass is 10.0. The first kappa shape index (κ1) is 28.9. The molecule has 0 radical (unpaired) electrons. The Kier molecular flexibility index (Phi) is 8.69. The number of hydrogen-bond donors (Lipinski definition) is 2. The molecule has 9 nitrogen and oxygen atoms in total. The SMILES string of the molecule is C=CC(=O)Nc1cc(Oc2nc(Nc3ccc(N4CCC(N5CC5)CC4)cc3OC)ccc2N2CCCCC2)ccc1C. The molecule has 9 heteroatoms. The number of carbonyl (C=O) groups is 1. The molecule has 3 saturated heterocycles. The maximum absolute atomic E-state index is 12.0. The molecule has 0 aliphatic carbocycles. The summed E-state index contributed by atoms with van der Waals surface area (Å²) in [5, 5.41) is 6.33. The van der Waals surface area contributed by atoms with Gasteiger partial charge in [0.2, 0.25) is 11.8 Å². The third-order valence-electron chi connectivity index (χ3n) is 8.68. The van der Waals surface area contributed by atoms with Gasteiger partial charge in [-0.25, -0.2) is 0 Å². The van der Waals surface area contributed by atoms with E-state index in [0.29, 0.717) is 23.1 Å². The third kappa shape index (κ3) is 6.88. The Hall–Kier alpha value is -4.24. The molecule has 0 unspecified atom stereocenters. The average Bonchev–Trinajstić information content (AvgIpc) is 3.89. The number of nitrogens with one attached hydrogen (secondary N) is 2. The number of rotatable bonds is 10. The Morgan fingerprint density at radius 2 is 1.72 bits per heavy atom. The van der Waals surface area contributed by atoms with Crippen molar-refractivity contribution >= 4 is 34.5 Å². The van der Waals surface area contributed by atoms with E-state index >= 15 is 0 Å². The number of piperidine rings is 2. The average molecular weight is 583 g/mol. The van der Waals surface area contributed by atoms with Crippen molar-refractivity contribution in [2.45, 2.75) is 45.1 Å². The summed E-state index contributed by atoms with van der Waals surface area (Å²) in [4.78, 5) is 24.3. The summed E-state index contributed by atoms with van der Waals surface area (Å²) in [6, 6.07) is 16.8. The van der Waals surface area contributed by atoms with E-state index in [-0.39, 0.29) is 5.91 Å². The molecule has 2 aromatic carbocycles. The summed E-state index contributed by atoms with van der Waals surface area (Å²) in [6.45, 7) is 12.1. The van der Waals surface area contributed by atoms with Crippen molar-refractivity contribution in [2.75, 3.05) is 66.8 Å². The Labute approximate surface area is 254 Å². The molecule has 3 fully saturated rings. The molecule has 4 heterocycles. The van der Waals surface area contributed by atoms with E-state index in [1.807, 2.05) is 31.2 Å². The van der Waals surface area contributed by atoms with E-state index in [1.54, 1.807) is 7.11 Å². The number of benzene rings is 2. The van der Waals surface area contributed by atoms with Crippen molar-refractivity contribution in [3.63, 3.8) is 0 Å². The van der Waals surface area contributed by atoms with Gasteiger partial charge in [0.15, 0.2) is 0 Å². The molecule has 43 heavy (non-hydrogen) atoms. The Balaban J connectivity index is 1.23. The van der Waals surface area contributed by atoms with Crippen molar-refractivity contribution in [1.29, 1.82) is 0 Å². The number of amides is 1. The molecule has 3 aliphatic rings. The molecule has 0 atom stereocenters. The molecule has 0 bridgehead atoms. The van der Waals surface area contributed by atoms with Crippen LogP contribution in [0.25, 0.3) is 0 Å². The number of methoxy groups -OCH3 is 1. The zero-order valence-electron chi connectivity index (χ0n) is 25.3. The first-order valence-electron chi connectivity index (χ1n) is 15.4. The second-order valence-electron chi connectivity index (χ2n) is 11.6. The number of ether oxygens (including phenoxy) is 2. The maximum atomic E-state index is 12.0. The third-order valence-corrected chi connectivity index (χ3v) is 8.68. The van der Waals surface area contributed by atoms with Gasteiger partial charge in [-0.3, -0.25) is 9.69 Å². The smallest absolute Gasteiger partial charge is 0.247 e. The summed E-state index contributed by atoms with van der Waals surface area (Å²) >= 11 is 0. The van der Waals surface area contributed by atoms with Crippen LogP contribution in [0.4, 0.5) is 28.6 Å². The van der Waals surface area contributed by atoms with Gasteiger partial charge < -0.3 is 29.9 Å². The van der Waals surface area contributed by atoms with Crippen molar-refractivity contribution in [3.8, 4) is 17.4 Å². The van der Waals surface area contributed by atoms with E-state index in [0.717, 1.165) is 67.8 Å². The fourth-order valence-electron chi connectivity index (χ4n) is 6.08. The van der Waals surface area contributed by atoms with Gasteiger partial charge >= 0.3 is 0 Å². The van der Waals surface area contributed by atoms with Gasteiger partial charge in [-0.1, -0.05) is 12.6 Å². The summed E-state index contributed by atoms with van der Waals surface area (Å²) in [6.07, 6.45) is 7.19. The molecule has 1 amide bonds. The van der Waals surface area contributed by atoms with E-state index in [9.17, 15) is 4.79 Å². The number of hydrogen-bond acceptors (Lipinski definition) is 8. The molecule has 6 rings (SSSR count). The van der Waals surface area contributed by atoms with Crippen LogP contribution in [0.1, 0.15) is 37.7 Å². The minimum absolute atomic E-state index is 0.265. The van der Waals surface area contributed by atoms with Crippen molar-refractivity contribution in [3.05, 3.63) is 66.7 Å². The summed E-state index contributed by atoms with van der Waals surface area (Å²) in [5.74, 6) is 2.28. The Morgan fingerprint density at radius 1 is 0.930 bits per heavy atom. The number of nitrogens with zero attached hydrogens (tertiary/aromatic N) is 4. The van der Waals surface area contributed by atoms with Crippen molar-refractivity contribution < 1.29 is 14.3 Å². The first-order chi connectivity index (χ1) is 21.0. The second-order valence-corrected chi connectivity index (χ2v) is 11.6. The Morgan fingerprint density at radius 3 is 2.44 bits per heavy atom. The van der Waals surface area contributed by atoms with E-state index in [4.69, 9.17) is 14.5 Å². The van der Waals surface area contributed by atoms with Gasteiger partial charge in [0.25, 0.3) is 0 Å². The second kappa shape index (κ2) is 13.0. The molecule has 2 N–H and O–H groups in total. The molecule has 3 aliphatic heterocycles. The van der Waals surface area contributed by atoms with Crippen LogP contribution in [-0.4, -0.2) is 68.2 Å². The van der Waals surface area contributed by atoms with E-state index in [1.165, 1.54) is 44.1 Å². The molecule has 3 aromatic rings. The lowest BCUT2D eigenvalue weighted by Gasteiger charge is -2.34. The fourth-order valence-corrected chi connectivity index (χ4v) is 6.08. The molecule has 0 saturated carbocycles. The van der Waals surface area contributed by atoms with Crippen LogP contribution in [0.2, 0.25) is 0 Å². The van der Waals surface area contributed by atoms with Crippen LogP contribution in [0.3, 0.4) is 0 Å². The highest BCUT2D eigenvalue weighted by Gasteiger charge is 2.30. The summed E-state index contributed by atoms with van der Waals surface area (Å²) < 4.78 is 12.2. The van der Waals surface area contributed by atoms with E-state index in [2.05, 4.69) is 56.2 Å². The minimum Gasteiger partial charge on any atom is -0.494 e. The van der Waals surface area contributed by atoms with Gasteiger partial charge in [-0.15, -0.1) is 0 Å². The zero-order chi connectivity index (χ0) is 29.8. The van der Waals surface area contributed by atoms with Crippen LogP contribution >= 0.6 is 0 Å². The normalized spacial score (nSPS) is 17.3. The van der Waals surface area contributed by atoms with Gasteiger partial charge in [-0.05, 0) is 81.0 Å². The number of anilines is 5. The number of pyridine rings is 1. The number of aryl methyl sites for hydroxylation is 1. The maximum Gasteiger partial charge on any atom is 0.247 e. The monoisotopic (exact) mass is 582 g/mol. The molecule has 1 aromatic heterocycles. The molecule has 226 valence electrons. The van der Waals surface area contributed by atoms with Crippen LogP contribution in [0.15, 0.2) is 61.2 Å². The predicted molar refractivity (Wildman–Crippen MR) is 173 cm³/mol. The largest absolute Gasteiger partial charge is 0.494 e. The highest BCUT2D eigenvalue weighted by atomic mass is 16.5. The standard InChI is InChI=1S/C34H42N6O3/c1-4-33(41)36-29-23-27(10-8-24(29)2)43-34-30(40-16-6-5-7-17-40)12-13-32(37-34)35-28-11-9-26(22-31(28)42-3)38-18-14-25(15-19-38)39-20-21-39/h4,8-13,22-23,25H,1,5-7,14-21H2,2-3H3,(H,35,37)(H,36,41). The summed E-state index contributed by atoms with van der Waals surface area (Å²) in [7, 11) is 1.71. The molecule has 0 spiro atoms. The zero-order valence-corrected chi connectivity index (χ0v) is 25.3. The topological polar surface area (TPSA) is 82.0 Å². The first-order valence-corrected chi connectivity index (χ1v) is 15.4. The predicted octanol–water partition coefficient (Wildman–Crippen LogP) is 6.33.